The van der Waals surface area contributed by atoms with Gasteiger partial charge in [-0.3, -0.25) is 9.69 Å². The van der Waals surface area contributed by atoms with Crippen molar-refractivity contribution in [3.63, 3.8) is 0 Å². The minimum atomic E-state index is 0.0408. The molecule has 0 spiro atoms. The molecule has 1 N–H and O–H groups in total. The lowest BCUT2D eigenvalue weighted by Gasteiger charge is -2.26. The molecule has 0 bridgehead atoms. The third-order valence-corrected chi connectivity index (χ3v) is 3.27. The maximum absolute atomic E-state index is 11.9. The second kappa shape index (κ2) is 8.00. The predicted molar refractivity (Wildman–Crippen MR) is 82.7 cm³/mol. The summed E-state index contributed by atoms with van der Waals surface area (Å²) in [4.78, 5) is 14.2. The minimum Gasteiger partial charge on any atom is -0.491 e. The summed E-state index contributed by atoms with van der Waals surface area (Å²) < 4.78 is 10.9. The zero-order valence-corrected chi connectivity index (χ0v) is 12.8. The number of hydrogen-bond donors (Lipinski definition) is 1. The van der Waals surface area contributed by atoms with Crippen molar-refractivity contribution in [1.82, 2.24) is 4.90 Å². The lowest BCUT2D eigenvalue weighted by atomic mass is 10.2. The van der Waals surface area contributed by atoms with Crippen molar-refractivity contribution in [3.8, 4) is 5.75 Å². The average molecular weight is 292 g/mol. The van der Waals surface area contributed by atoms with Crippen molar-refractivity contribution in [3.05, 3.63) is 24.3 Å². The van der Waals surface area contributed by atoms with Crippen LogP contribution in [-0.2, 0) is 9.53 Å². The first-order chi connectivity index (χ1) is 10.1. The smallest absolute Gasteiger partial charge is 0.225 e. The van der Waals surface area contributed by atoms with Crippen LogP contribution < -0.4 is 10.1 Å². The van der Waals surface area contributed by atoms with E-state index in [1.165, 1.54) is 0 Å². The number of nitrogens with zero attached hydrogens (tertiary/aromatic N) is 1. The molecule has 2 rings (SSSR count). The van der Waals surface area contributed by atoms with Crippen LogP contribution in [0.3, 0.4) is 0 Å². The van der Waals surface area contributed by atoms with Crippen LogP contribution in [0.5, 0.6) is 5.75 Å². The van der Waals surface area contributed by atoms with E-state index in [4.69, 9.17) is 9.47 Å². The fourth-order valence-corrected chi connectivity index (χ4v) is 2.20. The molecule has 5 heteroatoms. The van der Waals surface area contributed by atoms with Gasteiger partial charge in [-0.15, -0.1) is 0 Å². The first kappa shape index (κ1) is 15.8. The number of ether oxygens (including phenoxy) is 2. The Kier molecular flexibility index (Phi) is 6.02. The molecule has 1 aliphatic rings. The number of amides is 1. The number of benzene rings is 1. The number of anilines is 1. The number of nitrogens with one attached hydrogen (secondary N) is 1. The van der Waals surface area contributed by atoms with Crippen LogP contribution in [0.25, 0.3) is 0 Å². The Hall–Kier alpha value is -1.59. The summed E-state index contributed by atoms with van der Waals surface area (Å²) in [6.07, 6.45) is 0.656. The van der Waals surface area contributed by atoms with Crippen molar-refractivity contribution >= 4 is 11.6 Å². The monoisotopic (exact) mass is 292 g/mol. The van der Waals surface area contributed by atoms with E-state index in [1.807, 2.05) is 38.1 Å². The zero-order chi connectivity index (χ0) is 15.1. The van der Waals surface area contributed by atoms with Gasteiger partial charge in [0, 0.05) is 31.7 Å². The van der Waals surface area contributed by atoms with Gasteiger partial charge in [0.2, 0.25) is 5.91 Å². The molecule has 1 fully saturated rings. The molecule has 0 unspecified atom stereocenters. The SMILES string of the molecule is CC(C)Oc1ccc(NC(=O)CCN2CCOCC2)cc1. The van der Waals surface area contributed by atoms with E-state index in [1.54, 1.807) is 0 Å². The summed E-state index contributed by atoms with van der Waals surface area (Å²) in [5, 5.41) is 2.91. The van der Waals surface area contributed by atoms with Gasteiger partial charge in [0.25, 0.3) is 0 Å². The highest BCUT2D eigenvalue weighted by atomic mass is 16.5. The van der Waals surface area contributed by atoms with Crippen LogP contribution >= 0.6 is 0 Å². The lowest BCUT2D eigenvalue weighted by Crippen LogP contribution is -2.38. The van der Waals surface area contributed by atoms with Gasteiger partial charge in [0.15, 0.2) is 0 Å². The van der Waals surface area contributed by atoms with Crippen molar-refractivity contribution in [1.29, 1.82) is 0 Å². The van der Waals surface area contributed by atoms with Crippen LogP contribution in [0, 0.1) is 0 Å². The maximum atomic E-state index is 11.9. The van der Waals surface area contributed by atoms with Crippen LogP contribution in [0.15, 0.2) is 24.3 Å². The molecule has 116 valence electrons. The Labute approximate surface area is 126 Å². The van der Waals surface area contributed by atoms with E-state index < -0.39 is 0 Å². The maximum Gasteiger partial charge on any atom is 0.225 e. The Morgan fingerprint density at radius 2 is 1.95 bits per heavy atom. The molecule has 21 heavy (non-hydrogen) atoms. The summed E-state index contributed by atoms with van der Waals surface area (Å²) in [6, 6.07) is 7.48. The molecule has 1 aromatic rings. The van der Waals surface area contributed by atoms with Gasteiger partial charge in [-0.1, -0.05) is 0 Å². The normalized spacial score (nSPS) is 16.0. The summed E-state index contributed by atoms with van der Waals surface area (Å²) in [5.74, 6) is 0.857. The van der Waals surface area contributed by atoms with Crippen LogP contribution in [0.1, 0.15) is 20.3 Å². The van der Waals surface area contributed by atoms with Gasteiger partial charge in [-0.25, -0.2) is 0 Å². The van der Waals surface area contributed by atoms with E-state index in [9.17, 15) is 4.79 Å². The van der Waals surface area contributed by atoms with Gasteiger partial charge in [0.05, 0.1) is 19.3 Å². The highest BCUT2D eigenvalue weighted by molar-refractivity contribution is 5.90. The topological polar surface area (TPSA) is 50.8 Å². The third-order valence-electron chi connectivity index (χ3n) is 3.27. The molecular formula is C16H24N2O3. The van der Waals surface area contributed by atoms with Gasteiger partial charge in [0.1, 0.15) is 5.75 Å². The first-order valence-corrected chi connectivity index (χ1v) is 7.50. The number of rotatable bonds is 6. The molecule has 0 saturated carbocycles. The molecule has 1 heterocycles. The predicted octanol–water partition coefficient (Wildman–Crippen LogP) is 2.13. The highest BCUT2D eigenvalue weighted by Gasteiger charge is 2.12. The summed E-state index contributed by atoms with van der Waals surface area (Å²) in [5.41, 5.74) is 0.804. The van der Waals surface area contributed by atoms with Crippen molar-refractivity contribution in [2.75, 3.05) is 38.2 Å². The van der Waals surface area contributed by atoms with Crippen molar-refractivity contribution < 1.29 is 14.3 Å². The average Bonchev–Trinajstić information content (AvgIpc) is 2.48. The standard InChI is InChI=1S/C16H24N2O3/c1-13(2)21-15-5-3-14(4-6-15)17-16(19)7-8-18-9-11-20-12-10-18/h3-6,13H,7-12H2,1-2H3,(H,17,19). The summed E-state index contributed by atoms with van der Waals surface area (Å²) in [6.45, 7) is 8.10. The van der Waals surface area contributed by atoms with Gasteiger partial charge < -0.3 is 14.8 Å². The molecule has 1 saturated heterocycles. The van der Waals surface area contributed by atoms with Gasteiger partial charge >= 0.3 is 0 Å². The fourth-order valence-electron chi connectivity index (χ4n) is 2.20. The largest absolute Gasteiger partial charge is 0.491 e. The van der Waals surface area contributed by atoms with Crippen LogP contribution in [0.4, 0.5) is 5.69 Å². The molecule has 1 aromatic carbocycles. The van der Waals surface area contributed by atoms with Gasteiger partial charge in [-0.05, 0) is 38.1 Å². The molecule has 0 aliphatic carbocycles. The van der Waals surface area contributed by atoms with Crippen molar-refractivity contribution in [2.45, 2.75) is 26.4 Å². The van der Waals surface area contributed by atoms with Crippen molar-refractivity contribution in [2.24, 2.45) is 0 Å². The van der Waals surface area contributed by atoms with Crippen LogP contribution in [-0.4, -0.2) is 49.8 Å². The van der Waals surface area contributed by atoms with E-state index in [0.717, 1.165) is 44.3 Å². The zero-order valence-electron chi connectivity index (χ0n) is 12.8. The first-order valence-electron chi connectivity index (χ1n) is 7.50. The number of morpholine rings is 1. The Balaban J connectivity index is 1.74. The molecular weight excluding hydrogens is 268 g/mol. The Bertz CT molecular complexity index is 439. The summed E-state index contributed by atoms with van der Waals surface area (Å²) in [7, 11) is 0. The highest BCUT2D eigenvalue weighted by Crippen LogP contribution is 2.17. The van der Waals surface area contributed by atoms with Gasteiger partial charge in [-0.2, -0.15) is 0 Å². The fraction of sp³-hybridized carbons (Fsp3) is 0.562. The van der Waals surface area contributed by atoms with E-state index in [2.05, 4.69) is 10.2 Å². The number of hydrogen-bond acceptors (Lipinski definition) is 4. The molecule has 0 radical (unpaired) electrons. The van der Waals surface area contributed by atoms with E-state index >= 15 is 0 Å². The van der Waals surface area contributed by atoms with E-state index in [0.29, 0.717) is 6.42 Å². The Morgan fingerprint density at radius 1 is 1.29 bits per heavy atom. The summed E-state index contributed by atoms with van der Waals surface area (Å²) >= 11 is 0. The quantitative estimate of drug-likeness (QED) is 0.872. The number of carbonyl (C=O) groups is 1. The second-order valence-corrected chi connectivity index (χ2v) is 5.44. The molecule has 0 aromatic heterocycles. The third kappa shape index (κ3) is 5.73. The number of carbonyl (C=O) groups excluding carboxylic acids is 1. The molecule has 1 aliphatic heterocycles. The second-order valence-electron chi connectivity index (χ2n) is 5.44. The van der Waals surface area contributed by atoms with Crippen LogP contribution in [0.2, 0.25) is 0 Å². The minimum absolute atomic E-state index is 0.0408. The molecule has 1 amide bonds. The van der Waals surface area contributed by atoms with E-state index in [-0.39, 0.29) is 12.0 Å². The molecule has 0 atom stereocenters. The Morgan fingerprint density at radius 3 is 2.57 bits per heavy atom. The molecule has 5 nitrogen and oxygen atoms in total. The lowest BCUT2D eigenvalue weighted by molar-refractivity contribution is -0.116.